The topological polar surface area (TPSA) is 139 Å². The molecule has 27 heavy (non-hydrogen) atoms. The minimum Gasteiger partial charge on any atom is -0.504 e. The summed E-state index contributed by atoms with van der Waals surface area (Å²) in [5, 5.41) is 28.7. The zero-order valence-corrected chi connectivity index (χ0v) is 15.6. The molecule has 0 bridgehead atoms. The van der Waals surface area contributed by atoms with E-state index in [0.717, 1.165) is 25.7 Å². The maximum absolute atomic E-state index is 12.0. The van der Waals surface area contributed by atoms with Crippen LogP contribution in [-0.2, 0) is 20.7 Å². The molecule has 8 heteroatoms. The molecule has 1 fully saturated rings. The summed E-state index contributed by atoms with van der Waals surface area (Å²) in [6.45, 7) is 3.15. The van der Waals surface area contributed by atoms with E-state index in [-0.39, 0.29) is 24.0 Å². The van der Waals surface area contributed by atoms with Crippen LogP contribution >= 0.6 is 0 Å². The third kappa shape index (κ3) is 5.03. The third-order valence-corrected chi connectivity index (χ3v) is 5.30. The summed E-state index contributed by atoms with van der Waals surface area (Å²) >= 11 is 0. The Bertz CT molecular complexity index is 687. The minimum atomic E-state index is -1.75. The van der Waals surface area contributed by atoms with Gasteiger partial charge >= 0.3 is 12.1 Å². The molecule has 2 rings (SSSR count). The molecule has 8 nitrogen and oxygen atoms in total. The average molecular weight is 381 g/mol. The second-order valence-electron chi connectivity index (χ2n) is 7.23. The van der Waals surface area contributed by atoms with E-state index in [2.05, 4.69) is 0 Å². The highest BCUT2D eigenvalue weighted by atomic mass is 16.7. The molecule has 0 aromatic heterocycles. The summed E-state index contributed by atoms with van der Waals surface area (Å²) in [6, 6.07) is 4.00. The number of rotatable bonds is 7. The maximum atomic E-state index is 12.0. The number of carboxylic acid groups (broad SMARTS) is 1. The molecule has 0 heterocycles. The maximum Gasteiger partial charge on any atom is 0.508 e. The van der Waals surface area contributed by atoms with Gasteiger partial charge < -0.3 is 30.5 Å². The summed E-state index contributed by atoms with van der Waals surface area (Å²) in [5.41, 5.74) is 4.85. The Morgan fingerprint density at radius 1 is 1.22 bits per heavy atom. The zero-order chi connectivity index (χ0) is 20.2. The first-order chi connectivity index (χ1) is 12.6. The number of phenols is 2. The van der Waals surface area contributed by atoms with E-state index < -0.39 is 29.7 Å². The van der Waals surface area contributed by atoms with E-state index in [1.165, 1.54) is 18.2 Å². The van der Waals surface area contributed by atoms with Gasteiger partial charge in [-0.25, -0.2) is 4.79 Å². The van der Waals surface area contributed by atoms with Crippen molar-refractivity contribution < 1.29 is 34.4 Å². The van der Waals surface area contributed by atoms with Crippen LogP contribution in [-0.4, -0.2) is 45.2 Å². The molecular weight excluding hydrogens is 354 g/mol. The predicted molar refractivity (Wildman–Crippen MR) is 96.5 cm³/mol. The molecule has 1 aromatic carbocycles. The zero-order valence-electron chi connectivity index (χ0n) is 15.6. The van der Waals surface area contributed by atoms with Crippen molar-refractivity contribution in [2.75, 3.05) is 0 Å². The Kier molecular flexibility index (Phi) is 6.54. The van der Waals surface area contributed by atoms with Gasteiger partial charge in [-0.2, -0.15) is 0 Å². The molecule has 0 unspecified atom stereocenters. The molecule has 0 amide bonds. The van der Waals surface area contributed by atoms with Gasteiger partial charge in [-0.1, -0.05) is 13.0 Å². The van der Waals surface area contributed by atoms with Crippen LogP contribution in [0.5, 0.6) is 11.5 Å². The van der Waals surface area contributed by atoms with Crippen molar-refractivity contribution in [3.63, 3.8) is 0 Å². The monoisotopic (exact) mass is 381 g/mol. The SMILES string of the molecule is C[C@H](OC(=O)OC1CCCC1)[C@@H](C)[C@](N)(Cc1ccc(O)c(O)c1)C(=O)O. The van der Waals surface area contributed by atoms with Gasteiger partial charge in [0.2, 0.25) is 0 Å². The van der Waals surface area contributed by atoms with Crippen molar-refractivity contribution in [1.29, 1.82) is 0 Å². The first kappa shape index (κ1) is 20.8. The highest BCUT2D eigenvalue weighted by Crippen LogP contribution is 2.30. The molecule has 150 valence electrons. The summed E-state index contributed by atoms with van der Waals surface area (Å²) in [7, 11) is 0. The number of carboxylic acids is 1. The number of ether oxygens (including phenoxy) is 2. The average Bonchev–Trinajstić information content (AvgIpc) is 3.09. The number of carbonyl (C=O) groups excluding carboxylic acids is 1. The lowest BCUT2D eigenvalue weighted by Gasteiger charge is -2.34. The first-order valence-corrected chi connectivity index (χ1v) is 9.04. The van der Waals surface area contributed by atoms with Crippen LogP contribution in [0.15, 0.2) is 18.2 Å². The number of carbonyl (C=O) groups is 2. The van der Waals surface area contributed by atoms with E-state index in [4.69, 9.17) is 15.2 Å². The van der Waals surface area contributed by atoms with Gasteiger partial charge in [0.25, 0.3) is 0 Å². The van der Waals surface area contributed by atoms with Gasteiger partial charge in [0.1, 0.15) is 17.7 Å². The second kappa shape index (κ2) is 8.47. The fraction of sp³-hybridized carbons (Fsp3) is 0.579. The molecule has 1 saturated carbocycles. The number of benzene rings is 1. The molecular formula is C19H27NO7. The summed E-state index contributed by atoms with van der Waals surface area (Å²) in [4.78, 5) is 23.8. The highest BCUT2D eigenvalue weighted by molar-refractivity contribution is 5.79. The van der Waals surface area contributed by atoms with Crippen molar-refractivity contribution >= 4 is 12.1 Å². The van der Waals surface area contributed by atoms with E-state index in [1.807, 2.05) is 0 Å². The second-order valence-corrected chi connectivity index (χ2v) is 7.23. The van der Waals surface area contributed by atoms with Crippen LogP contribution in [0.1, 0.15) is 45.1 Å². The molecule has 1 aliphatic carbocycles. The van der Waals surface area contributed by atoms with Crippen molar-refractivity contribution in [3.05, 3.63) is 23.8 Å². The van der Waals surface area contributed by atoms with Crippen molar-refractivity contribution in [2.45, 2.75) is 63.7 Å². The van der Waals surface area contributed by atoms with Crippen LogP contribution in [0.4, 0.5) is 4.79 Å². The summed E-state index contributed by atoms with van der Waals surface area (Å²) < 4.78 is 10.5. The lowest BCUT2D eigenvalue weighted by Crippen LogP contribution is -2.58. The Balaban J connectivity index is 2.07. The van der Waals surface area contributed by atoms with Gasteiger partial charge in [0, 0.05) is 12.3 Å². The largest absolute Gasteiger partial charge is 0.508 e. The molecule has 3 atom stereocenters. The van der Waals surface area contributed by atoms with Gasteiger partial charge in [-0.3, -0.25) is 4.79 Å². The summed E-state index contributed by atoms with van der Waals surface area (Å²) in [5.74, 6) is -2.68. The van der Waals surface area contributed by atoms with E-state index in [9.17, 15) is 24.9 Å². The number of aromatic hydroxyl groups is 2. The first-order valence-electron chi connectivity index (χ1n) is 9.04. The lowest BCUT2D eigenvalue weighted by atomic mass is 9.78. The van der Waals surface area contributed by atoms with Gasteiger partial charge in [-0.05, 0) is 50.3 Å². The smallest absolute Gasteiger partial charge is 0.504 e. The Morgan fingerprint density at radius 2 is 1.85 bits per heavy atom. The van der Waals surface area contributed by atoms with Crippen LogP contribution in [0, 0.1) is 5.92 Å². The number of hydrogen-bond acceptors (Lipinski definition) is 7. The van der Waals surface area contributed by atoms with Gasteiger partial charge in [-0.15, -0.1) is 0 Å². The molecule has 1 aliphatic rings. The normalized spacial score (nSPS) is 19.1. The number of nitrogens with two attached hydrogens (primary N) is 1. The molecule has 1 aromatic rings. The van der Waals surface area contributed by atoms with E-state index in [1.54, 1.807) is 13.8 Å². The Labute approximate surface area is 157 Å². The molecule has 0 saturated heterocycles. The van der Waals surface area contributed by atoms with E-state index in [0.29, 0.717) is 5.56 Å². The fourth-order valence-electron chi connectivity index (χ4n) is 3.29. The van der Waals surface area contributed by atoms with Gasteiger partial charge in [0.05, 0.1) is 0 Å². The predicted octanol–water partition coefficient (Wildman–Crippen LogP) is 2.54. The minimum absolute atomic E-state index is 0.122. The van der Waals surface area contributed by atoms with Gasteiger partial charge in [0.15, 0.2) is 11.5 Å². The Morgan fingerprint density at radius 3 is 2.41 bits per heavy atom. The number of phenolic OH excluding ortho intramolecular Hbond substituents is 2. The van der Waals surface area contributed by atoms with Crippen LogP contribution < -0.4 is 5.73 Å². The quantitative estimate of drug-likeness (QED) is 0.417. The van der Waals surface area contributed by atoms with E-state index >= 15 is 0 Å². The van der Waals surface area contributed by atoms with Crippen LogP contribution in [0.3, 0.4) is 0 Å². The van der Waals surface area contributed by atoms with Crippen molar-refractivity contribution in [1.82, 2.24) is 0 Å². The standard InChI is InChI=1S/C19H27NO7/c1-11(12(2)26-18(25)27-14-5-3-4-6-14)19(20,17(23)24)10-13-7-8-15(21)16(22)9-13/h7-9,11-12,14,21-22H,3-6,10,20H2,1-2H3,(H,23,24)/t11-,12+,19-/m1/s1. The van der Waals surface area contributed by atoms with Crippen molar-refractivity contribution in [2.24, 2.45) is 11.7 Å². The van der Waals surface area contributed by atoms with Crippen molar-refractivity contribution in [3.8, 4) is 11.5 Å². The highest BCUT2D eigenvalue weighted by Gasteiger charge is 2.44. The number of aliphatic carboxylic acids is 1. The van der Waals surface area contributed by atoms with Crippen LogP contribution in [0.2, 0.25) is 0 Å². The third-order valence-electron chi connectivity index (χ3n) is 5.30. The molecule has 0 aliphatic heterocycles. The summed E-state index contributed by atoms with van der Waals surface area (Å²) in [6.07, 6.45) is 1.73. The molecule has 0 radical (unpaired) electrons. The number of hydrogen-bond donors (Lipinski definition) is 4. The molecule has 5 N–H and O–H groups in total. The fourth-order valence-corrected chi connectivity index (χ4v) is 3.29. The van der Waals surface area contributed by atoms with Crippen LogP contribution in [0.25, 0.3) is 0 Å². The Hall–Kier alpha value is -2.48. The molecule has 0 spiro atoms. The lowest BCUT2D eigenvalue weighted by molar-refractivity contribution is -0.147.